The van der Waals surface area contributed by atoms with Crippen LogP contribution < -0.4 is 11.2 Å². The zero-order chi connectivity index (χ0) is 17.8. The largest absolute Gasteiger partial charge is 0.398 e. The lowest BCUT2D eigenvalue weighted by molar-refractivity contribution is 0.0956. The summed E-state index contributed by atoms with van der Waals surface area (Å²) in [7, 11) is 0. The summed E-state index contributed by atoms with van der Waals surface area (Å²) < 4.78 is 1.85. The van der Waals surface area contributed by atoms with Gasteiger partial charge in [-0.05, 0) is 38.1 Å². The van der Waals surface area contributed by atoms with Crippen molar-refractivity contribution in [3.63, 3.8) is 0 Å². The minimum atomic E-state index is -0.347. The Balaban J connectivity index is 1.80. The number of hydrogen-bond acceptors (Lipinski definition) is 4. The van der Waals surface area contributed by atoms with Gasteiger partial charge in [0.2, 0.25) is 0 Å². The zero-order valence-corrected chi connectivity index (χ0v) is 14.1. The molecule has 0 fully saturated rings. The molecule has 0 aliphatic carbocycles. The summed E-state index contributed by atoms with van der Waals surface area (Å²) in [6.07, 6.45) is 1.61. The number of anilines is 1. The highest BCUT2D eigenvalue weighted by atomic mass is 16.2. The Labute approximate surface area is 146 Å². The summed E-state index contributed by atoms with van der Waals surface area (Å²) in [5.41, 5.74) is 12.7. The Morgan fingerprint density at radius 2 is 1.80 bits per heavy atom. The number of nitrogen functional groups attached to an aromatic ring is 1. The van der Waals surface area contributed by atoms with Gasteiger partial charge in [-0.3, -0.25) is 4.79 Å². The standard InChI is InChI=1S/C19H19N5O/c1-13-17(14(2)24(23-13)15-8-4-3-5-9-15)12-21-22-19(25)16-10-6-7-11-18(16)20/h3-12H,20H2,1-2H3,(H,22,25)/b21-12+. The van der Waals surface area contributed by atoms with Crippen LogP contribution in [0.4, 0.5) is 5.69 Å². The molecule has 1 amide bonds. The monoisotopic (exact) mass is 333 g/mol. The molecule has 6 nitrogen and oxygen atoms in total. The average molecular weight is 333 g/mol. The highest BCUT2D eigenvalue weighted by Gasteiger charge is 2.11. The van der Waals surface area contributed by atoms with Crippen LogP contribution in [-0.4, -0.2) is 21.9 Å². The first-order valence-corrected chi connectivity index (χ1v) is 7.87. The smallest absolute Gasteiger partial charge is 0.273 e. The lowest BCUT2D eigenvalue weighted by Crippen LogP contribution is -2.19. The van der Waals surface area contributed by atoms with E-state index in [1.807, 2.05) is 48.9 Å². The number of aryl methyl sites for hydroxylation is 1. The summed E-state index contributed by atoms with van der Waals surface area (Å²) in [5.74, 6) is -0.347. The Morgan fingerprint density at radius 3 is 2.52 bits per heavy atom. The minimum Gasteiger partial charge on any atom is -0.398 e. The molecule has 1 aromatic heterocycles. The van der Waals surface area contributed by atoms with E-state index in [0.29, 0.717) is 11.3 Å². The van der Waals surface area contributed by atoms with Crippen molar-refractivity contribution >= 4 is 17.8 Å². The number of rotatable bonds is 4. The first-order chi connectivity index (χ1) is 12.1. The van der Waals surface area contributed by atoms with Gasteiger partial charge in [0.25, 0.3) is 5.91 Å². The number of carbonyl (C=O) groups excluding carboxylic acids is 1. The second kappa shape index (κ2) is 7.00. The molecule has 0 saturated carbocycles. The molecule has 25 heavy (non-hydrogen) atoms. The Hall–Kier alpha value is -3.41. The summed E-state index contributed by atoms with van der Waals surface area (Å²) in [5, 5.41) is 8.60. The van der Waals surface area contributed by atoms with Gasteiger partial charge in [-0.1, -0.05) is 30.3 Å². The molecular weight excluding hydrogens is 314 g/mol. The molecule has 6 heteroatoms. The number of benzene rings is 2. The van der Waals surface area contributed by atoms with Gasteiger partial charge in [-0.25, -0.2) is 10.1 Å². The van der Waals surface area contributed by atoms with Gasteiger partial charge < -0.3 is 5.73 Å². The number of nitrogens with one attached hydrogen (secondary N) is 1. The van der Waals surface area contributed by atoms with Crippen LogP contribution in [0.1, 0.15) is 27.3 Å². The van der Waals surface area contributed by atoms with Crippen LogP contribution in [0.2, 0.25) is 0 Å². The van der Waals surface area contributed by atoms with Crippen LogP contribution >= 0.6 is 0 Å². The third-order valence-corrected chi connectivity index (χ3v) is 3.91. The van der Waals surface area contributed by atoms with Crippen molar-refractivity contribution in [1.29, 1.82) is 0 Å². The lowest BCUT2D eigenvalue weighted by Gasteiger charge is -2.04. The lowest BCUT2D eigenvalue weighted by atomic mass is 10.2. The van der Waals surface area contributed by atoms with E-state index >= 15 is 0 Å². The molecule has 0 unspecified atom stereocenters. The number of aromatic nitrogens is 2. The van der Waals surface area contributed by atoms with Gasteiger partial charge in [0.05, 0.1) is 28.9 Å². The fourth-order valence-electron chi connectivity index (χ4n) is 2.58. The number of carbonyl (C=O) groups is 1. The van der Waals surface area contributed by atoms with Crippen molar-refractivity contribution in [3.8, 4) is 5.69 Å². The van der Waals surface area contributed by atoms with Crippen molar-refractivity contribution in [3.05, 3.63) is 77.1 Å². The normalized spacial score (nSPS) is 11.0. The van der Waals surface area contributed by atoms with E-state index in [1.54, 1.807) is 30.5 Å². The van der Waals surface area contributed by atoms with Gasteiger partial charge in [-0.15, -0.1) is 0 Å². The van der Waals surface area contributed by atoms with E-state index in [4.69, 9.17) is 5.73 Å². The van der Waals surface area contributed by atoms with E-state index in [0.717, 1.165) is 22.6 Å². The SMILES string of the molecule is Cc1nn(-c2ccccc2)c(C)c1/C=N/NC(=O)c1ccccc1N. The van der Waals surface area contributed by atoms with Gasteiger partial charge in [0.15, 0.2) is 0 Å². The number of nitrogens with zero attached hydrogens (tertiary/aromatic N) is 3. The van der Waals surface area contributed by atoms with Crippen LogP contribution in [0.5, 0.6) is 0 Å². The third kappa shape index (κ3) is 3.42. The highest BCUT2D eigenvalue weighted by molar-refractivity contribution is 5.99. The summed E-state index contributed by atoms with van der Waals surface area (Å²) in [4.78, 5) is 12.1. The Morgan fingerprint density at radius 1 is 1.12 bits per heavy atom. The maximum Gasteiger partial charge on any atom is 0.273 e. The molecule has 0 atom stereocenters. The predicted molar refractivity (Wildman–Crippen MR) is 99.0 cm³/mol. The van der Waals surface area contributed by atoms with Crippen LogP contribution in [0.25, 0.3) is 5.69 Å². The Kier molecular flexibility index (Phi) is 4.61. The van der Waals surface area contributed by atoms with E-state index < -0.39 is 0 Å². The van der Waals surface area contributed by atoms with E-state index in [2.05, 4.69) is 15.6 Å². The molecule has 3 aromatic rings. The predicted octanol–water partition coefficient (Wildman–Crippen LogP) is 2.84. The fraction of sp³-hybridized carbons (Fsp3) is 0.105. The van der Waals surface area contributed by atoms with Crippen LogP contribution in [0, 0.1) is 13.8 Å². The number of para-hydroxylation sites is 2. The third-order valence-electron chi connectivity index (χ3n) is 3.91. The molecule has 0 bridgehead atoms. The van der Waals surface area contributed by atoms with Crippen LogP contribution in [-0.2, 0) is 0 Å². The number of nitrogens with two attached hydrogens (primary N) is 1. The molecule has 0 aliphatic heterocycles. The van der Waals surface area contributed by atoms with Crippen molar-refractivity contribution in [2.75, 3.05) is 5.73 Å². The topological polar surface area (TPSA) is 85.3 Å². The molecule has 1 heterocycles. The maximum atomic E-state index is 12.1. The number of hydrogen-bond donors (Lipinski definition) is 2. The van der Waals surface area contributed by atoms with Crippen LogP contribution in [0.15, 0.2) is 59.7 Å². The second-order valence-corrected chi connectivity index (χ2v) is 5.62. The molecular formula is C19H19N5O. The second-order valence-electron chi connectivity index (χ2n) is 5.62. The molecule has 0 aliphatic rings. The van der Waals surface area contributed by atoms with Gasteiger partial charge >= 0.3 is 0 Å². The quantitative estimate of drug-likeness (QED) is 0.437. The van der Waals surface area contributed by atoms with Gasteiger partial charge in [0.1, 0.15) is 0 Å². The van der Waals surface area contributed by atoms with E-state index in [9.17, 15) is 4.79 Å². The van der Waals surface area contributed by atoms with Crippen LogP contribution in [0.3, 0.4) is 0 Å². The van der Waals surface area contributed by atoms with E-state index in [-0.39, 0.29) is 5.91 Å². The zero-order valence-electron chi connectivity index (χ0n) is 14.1. The molecule has 3 N–H and O–H groups in total. The molecule has 0 spiro atoms. The van der Waals surface area contributed by atoms with E-state index in [1.165, 1.54) is 0 Å². The van der Waals surface area contributed by atoms with Crippen molar-refractivity contribution in [2.45, 2.75) is 13.8 Å². The molecule has 126 valence electrons. The number of amides is 1. The summed E-state index contributed by atoms with van der Waals surface area (Å²) >= 11 is 0. The molecule has 3 rings (SSSR count). The number of hydrazone groups is 1. The van der Waals surface area contributed by atoms with Gasteiger partial charge in [-0.2, -0.15) is 10.2 Å². The Bertz CT molecular complexity index is 928. The fourth-order valence-corrected chi connectivity index (χ4v) is 2.58. The average Bonchev–Trinajstić information content (AvgIpc) is 2.91. The van der Waals surface area contributed by atoms with Crippen molar-refractivity contribution < 1.29 is 4.79 Å². The molecule has 0 saturated heterocycles. The van der Waals surface area contributed by atoms with Gasteiger partial charge in [0, 0.05) is 11.3 Å². The highest BCUT2D eigenvalue weighted by Crippen LogP contribution is 2.16. The molecule has 2 aromatic carbocycles. The summed E-state index contributed by atoms with van der Waals surface area (Å²) in [6, 6.07) is 16.7. The molecule has 0 radical (unpaired) electrons. The van der Waals surface area contributed by atoms with Crippen molar-refractivity contribution in [1.82, 2.24) is 15.2 Å². The first kappa shape index (κ1) is 16.4. The maximum absolute atomic E-state index is 12.1. The first-order valence-electron chi connectivity index (χ1n) is 7.87. The minimum absolute atomic E-state index is 0.347. The summed E-state index contributed by atoms with van der Waals surface area (Å²) in [6.45, 7) is 3.87. The van der Waals surface area contributed by atoms with Crippen molar-refractivity contribution in [2.24, 2.45) is 5.10 Å².